The Bertz CT molecular complexity index is 570. The Labute approximate surface area is 124 Å². The Morgan fingerprint density at radius 3 is 2.38 bits per heavy atom. The summed E-state index contributed by atoms with van der Waals surface area (Å²) in [4.78, 5) is 2.08. The van der Waals surface area contributed by atoms with Gasteiger partial charge in [0, 0.05) is 30.8 Å². The van der Waals surface area contributed by atoms with Crippen LogP contribution in [-0.4, -0.2) is 25.5 Å². The van der Waals surface area contributed by atoms with E-state index in [0.29, 0.717) is 12.1 Å². The van der Waals surface area contributed by atoms with Gasteiger partial charge in [0.25, 0.3) is 0 Å². The van der Waals surface area contributed by atoms with Gasteiger partial charge in [-0.2, -0.15) is 0 Å². The third-order valence-electron chi connectivity index (χ3n) is 3.30. The second-order valence-corrected chi connectivity index (χ2v) is 5.34. The summed E-state index contributed by atoms with van der Waals surface area (Å²) >= 11 is 0. The highest BCUT2D eigenvalue weighted by atomic mass is 19.1. The van der Waals surface area contributed by atoms with E-state index in [1.165, 1.54) is 12.1 Å². The number of likely N-dealkylation sites (N-methyl/N-ethyl adjacent to an activating group) is 1. The van der Waals surface area contributed by atoms with Gasteiger partial charge in [-0.15, -0.1) is 0 Å². The molecule has 0 aromatic heterocycles. The Balaban J connectivity index is 2.09. The van der Waals surface area contributed by atoms with Crippen LogP contribution in [0.5, 0.6) is 0 Å². The highest BCUT2D eigenvalue weighted by molar-refractivity contribution is 5.21. The zero-order chi connectivity index (χ0) is 15.2. The summed E-state index contributed by atoms with van der Waals surface area (Å²) in [6.45, 7) is 1.16. The van der Waals surface area contributed by atoms with Crippen LogP contribution in [0.15, 0.2) is 48.5 Å². The molecule has 0 amide bonds. The summed E-state index contributed by atoms with van der Waals surface area (Å²) in [5.41, 5.74) is 1.62. The average Bonchev–Trinajstić information content (AvgIpc) is 2.45. The Morgan fingerprint density at radius 2 is 1.76 bits per heavy atom. The first kappa shape index (κ1) is 15.6. The minimum Gasteiger partial charge on any atom is -0.308 e. The molecule has 0 aliphatic heterocycles. The molecule has 0 aliphatic rings. The summed E-state index contributed by atoms with van der Waals surface area (Å²) in [7, 11) is 3.99. The molecule has 21 heavy (non-hydrogen) atoms. The predicted octanol–water partition coefficient (Wildman–Crippen LogP) is 3.36. The highest BCUT2D eigenvalue weighted by Crippen LogP contribution is 2.16. The van der Waals surface area contributed by atoms with E-state index < -0.39 is 11.6 Å². The third-order valence-corrected chi connectivity index (χ3v) is 3.30. The largest absolute Gasteiger partial charge is 0.308 e. The van der Waals surface area contributed by atoms with Crippen molar-refractivity contribution in [3.8, 4) is 0 Å². The minimum absolute atomic E-state index is 0.0886. The van der Waals surface area contributed by atoms with E-state index >= 15 is 0 Å². The fourth-order valence-corrected chi connectivity index (χ4v) is 2.24. The molecule has 0 radical (unpaired) electrons. The standard InChI is InChI=1S/C17H20F2N2/c1-21(2)12-17(13-6-4-3-5-7-13)20-11-14-8-9-15(18)10-16(14)19/h3-10,17,20H,11-12H2,1-2H3. The van der Waals surface area contributed by atoms with Gasteiger partial charge in [0.1, 0.15) is 11.6 Å². The van der Waals surface area contributed by atoms with Crippen molar-refractivity contribution in [2.24, 2.45) is 0 Å². The summed E-state index contributed by atoms with van der Waals surface area (Å²) in [6, 6.07) is 13.8. The predicted molar refractivity (Wildman–Crippen MR) is 80.9 cm³/mol. The Hall–Kier alpha value is -1.78. The van der Waals surface area contributed by atoms with Crippen molar-refractivity contribution in [1.82, 2.24) is 10.2 Å². The van der Waals surface area contributed by atoms with Crippen molar-refractivity contribution in [2.75, 3.05) is 20.6 Å². The van der Waals surface area contributed by atoms with E-state index in [9.17, 15) is 8.78 Å². The number of rotatable bonds is 6. The van der Waals surface area contributed by atoms with Gasteiger partial charge >= 0.3 is 0 Å². The topological polar surface area (TPSA) is 15.3 Å². The van der Waals surface area contributed by atoms with Crippen LogP contribution < -0.4 is 5.32 Å². The van der Waals surface area contributed by atoms with Crippen LogP contribution in [0, 0.1) is 11.6 Å². The second-order valence-electron chi connectivity index (χ2n) is 5.34. The molecule has 4 heteroatoms. The van der Waals surface area contributed by atoms with E-state index in [2.05, 4.69) is 10.2 Å². The summed E-state index contributed by atoms with van der Waals surface area (Å²) in [5.74, 6) is -1.07. The van der Waals surface area contributed by atoms with Gasteiger partial charge < -0.3 is 10.2 Å². The SMILES string of the molecule is CN(C)CC(NCc1ccc(F)cc1F)c1ccccc1. The lowest BCUT2D eigenvalue weighted by Gasteiger charge is -2.23. The number of hydrogen-bond acceptors (Lipinski definition) is 2. The molecule has 2 rings (SSSR count). The number of halogens is 2. The molecule has 2 nitrogen and oxygen atoms in total. The molecule has 1 N–H and O–H groups in total. The fourth-order valence-electron chi connectivity index (χ4n) is 2.24. The van der Waals surface area contributed by atoms with Crippen molar-refractivity contribution >= 4 is 0 Å². The number of nitrogens with zero attached hydrogens (tertiary/aromatic N) is 1. The van der Waals surface area contributed by atoms with Gasteiger partial charge in [-0.1, -0.05) is 36.4 Å². The zero-order valence-electron chi connectivity index (χ0n) is 12.3. The fraction of sp³-hybridized carbons (Fsp3) is 0.294. The summed E-state index contributed by atoms with van der Waals surface area (Å²) in [5, 5.41) is 3.34. The van der Waals surface area contributed by atoms with E-state index in [-0.39, 0.29) is 6.04 Å². The first-order valence-corrected chi connectivity index (χ1v) is 6.93. The van der Waals surface area contributed by atoms with E-state index in [4.69, 9.17) is 0 Å². The lowest BCUT2D eigenvalue weighted by atomic mass is 10.1. The van der Waals surface area contributed by atoms with Gasteiger partial charge in [-0.05, 0) is 25.7 Å². The molecule has 0 aliphatic carbocycles. The maximum Gasteiger partial charge on any atom is 0.130 e. The molecule has 0 bridgehead atoms. The van der Waals surface area contributed by atoms with E-state index in [1.807, 2.05) is 44.4 Å². The van der Waals surface area contributed by atoms with Crippen molar-refractivity contribution in [1.29, 1.82) is 0 Å². The maximum absolute atomic E-state index is 13.7. The smallest absolute Gasteiger partial charge is 0.130 e. The molecule has 0 saturated carbocycles. The first-order valence-electron chi connectivity index (χ1n) is 6.93. The molecular formula is C17H20F2N2. The molecule has 0 heterocycles. The van der Waals surface area contributed by atoms with Crippen molar-refractivity contribution in [2.45, 2.75) is 12.6 Å². The van der Waals surface area contributed by atoms with Gasteiger partial charge in [0.15, 0.2) is 0 Å². The zero-order valence-corrected chi connectivity index (χ0v) is 12.3. The molecule has 1 atom stereocenters. The lowest BCUT2D eigenvalue weighted by molar-refractivity contribution is 0.339. The van der Waals surface area contributed by atoms with Crippen LogP contribution in [0.3, 0.4) is 0 Å². The normalized spacial score (nSPS) is 12.6. The van der Waals surface area contributed by atoms with Gasteiger partial charge in [-0.3, -0.25) is 0 Å². The Morgan fingerprint density at radius 1 is 1.05 bits per heavy atom. The monoisotopic (exact) mass is 290 g/mol. The molecule has 0 fully saturated rings. The van der Waals surface area contributed by atoms with Crippen molar-refractivity contribution in [3.63, 3.8) is 0 Å². The average molecular weight is 290 g/mol. The molecular weight excluding hydrogens is 270 g/mol. The number of nitrogens with one attached hydrogen (secondary N) is 1. The van der Waals surface area contributed by atoms with Crippen LogP contribution in [-0.2, 0) is 6.54 Å². The number of benzene rings is 2. The highest BCUT2D eigenvalue weighted by Gasteiger charge is 2.13. The van der Waals surface area contributed by atoms with Crippen molar-refractivity contribution in [3.05, 3.63) is 71.3 Å². The van der Waals surface area contributed by atoms with Gasteiger partial charge in [0.05, 0.1) is 0 Å². The second kappa shape index (κ2) is 7.29. The van der Waals surface area contributed by atoms with Crippen LogP contribution in [0.4, 0.5) is 8.78 Å². The Kier molecular flexibility index (Phi) is 5.42. The van der Waals surface area contributed by atoms with E-state index in [0.717, 1.165) is 18.2 Å². The molecule has 0 saturated heterocycles. The van der Waals surface area contributed by atoms with E-state index in [1.54, 1.807) is 0 Å². The quantitative estimate of drug-likeness (QED) is 0.877. The third kappa shape index (κ3) is 4.62. The summed E-state index contributed by atoms with van der Waals surface area (Å²) in [6.07, 6.45) is 0. The minimum atomic E-state index is -0.552. The van der Waals surface area contributed by atoms with Gasteiger partial charge in [0.2, 0.25) is 0 Å². The molecule has 0 spiro atoms. The molecule has 2 aromatic rings. The van der Waals surface area contributed by atoms with Crippen molar-refractivity contribution < 1.29 is 8.78 Å². The maximum atomic E-state index is 13.7. The lowest BCUT2D eigenvalue weighted by Crippen LogP contribution is -2.31. The van der Waals surface area contributed by atoms with Crippen LogP contribution in [0.1, 0.15) is 17.2 Å². The summed E-state index contributed by atoms with van der Waals surface area (Å²) < 4.78 is 26.6. The van der Waals surface area contributed by atoms with Crippen LogP contribution in [0.2, 0.25) is 0 Å². The molecule has 112 valence electrons. The van der Waals surface area contributed by atoms with Crippen LogP contribution in [0.25, 0.3) is 0 Å². The number of hydrogen-bond donors (Lipinski definition) is 1. The van der Waals surface area contributed by atoms with Crippen LogP contribution >= 0.6 is 0 Å². The molecule has 1 unspecified atom stereocenters. The molecule has 2 aromatic carbocycles. The van der Waals surface area contributed by atoms with Gasteiger partial charge in [-0.25, -0.2) is 8.78 Å². The first-order chi connectivity index (χ1) is 10.1.